The molecule has 0 fully saturated rings. The molecular formula is C20H26N4O5S. The molecule has 10 heteroatoms. The highest BCUT2D eigenvalue weighted by atomic mass is 32.2. The van der Waals surface area contributed by atoms with Crippen molar-refractivity contribution in [2.24, 2.45) is 0 Å². The molecule has 0 saturated carbocycles. The standard InChI is InChI=1S/C20H26N4O5S/c1-23(2)14-7-9-16-19(12-14)30(28,29)24(11-5-3-4-6-20(26)22-27)18-10-8-15(25)13-17(18)21-16/h7-10,12-13,21,25,27H,3-6,11H2,1-2H3,(H,22,26). The maximum absolute atomic E-state index is 13.6. The van der Waals surface area contributed by atoms with Crippen molar-refractivity contribution in [1.29, 1.82) is 0 Å². The molecule has 2 aromatic rings. The van der Waals surface area contributed by atoms with Crippen molar-refractivity contribution in [2.75, 3.05) is 35.2 Å². The van der Waals surface area contributed by atoms with Crippen LogP contribution >= 0.6 is 0 Å². The van der Waals surface area contributed by atoms with Crippen LogP contribution in [0.15, 0.2) is 41.3 Å². The van der Waals surface area contributed by atoms with Crippen LogP contribution in [0.5, 0.6) is 5.75 Å². The van der Waals surface area contributed by atoms with Crippen LogP contribution in [0.2, 0.25) is 0 Å². The van der Waals surface area contributed by atoms with Gasteiger partial charge in [0.1, 0.15) is 10.6 Å². The van der Waals surface area contributed by atoms with Crippen LogP contribution in [0, 0.1) is 0 Å². The molecule has 4 N–H and O–H groups in total. The molecule has 0 spiro atoms. The highest BCUT2D eigenvalue weighted by Gasteiger charge is 2.32. The first kappa shape index (κ1) is 21.7. The summed E-state index contributed by atoms with van der Waals surface area (Å²) in [6.45, 7) is 0.216. The number of unbranched alkanes of at least 4 members (excludes halogenated alkanes) is 2. The molecule has 0 bridgehead atoms. The zero-order chi connectivity index (χ0) is 21.9. The van der Waals surface area contributed by atoms with E-state index >= 15 is 0 Å². The Morgan fingerprint density at radius 3 is 2.57 bits per heavy atom. The van der Waals surface area contributed by atoms with Crippen molar-refractivity contribution in [3.05, 3.63) is 36.4 Å². The van der Waals surface area contributed by atoms with E-state index in [1.165, 1.54) is 16.4 Å². The molecule has 1 aliphatic rings. The molecule has 30 heavy (non-hydrogen) atoms. The number of nitrogens with zero attached hydrogens (tertiary/aromatic N) is 2. The number of carbonyl (C=O) groups excluding carboxylic acids is 1. The summed E-state index contributed by atoms with van der Waals surface area (Å²) in [5.41, 5.74) is 3.72. The van der Waals surface area contributed by atoms with Gasteiger partial charge in [0.15, 0.2) is 0 Å². The van der Waals surface area contributed by atoms with Crippen molar-refractivity contribution in [3.8, 4) is 5.75 Å². The van der Waals surface area contributed by atoms with Gasteiger partial charge in [-0.2, -0.15) is 0 Å². The Bertz CT molecular complexity index is 1040. The lowest BCUT2D eigenvalue weighted by atomic mass is 10.2. The largest absolute Gasteiger partial charge is 0.508 e. The second-order valence-corrected chi connectivity index (χ2v) is 9.15. The number of rotatable bonds is 7. The number of phenols is 1. The van der Waals surface area contributed by atoms with Crippen molar-refractivity contribution >= 4 is 38.7 Å². The second kappa shape index (κ2) is 8.80. The van der Waals surface area contributed by atoms with Crippen molar-refractivity contribution < 1.29 is 23.5 Å². The van der Waals surface area contributed by atoms with Gasteiger partial charge < -0.3 is 15.3 Å². The number of anilines is 4. The fraction of sp³-hybridized carbons (Fsp3) is 0.350. The number of benzene rings is 2. The summed E-state index contributed by atoms with van der Waals surface area (Å²) in [7, 11) is -0.189. The number of hydrogen-bond acceptors (Lipinski definition) is 7. The van der Waals surface area contributed by atoms with E-state index in [9.17, 15) is 18.3 Å². The monoisotopic (exact) mass is 434 g/mol. The Balaban J connectivity index is 1.95. The maximum atomic E-state index is 13.6. The van der Waals surface area contributed by atoms with E-state index in [0.29, 0.717) is 36.3 Å². The number of nitrogens with one attached hydrogen (secondary N) is 2. The molecular weight excluding hydrogens is 408 g/mol. The number of fused-ring (bicyclic) bond motifs is 2. The molecule has 0 aromatic heterocycles. The predicted octanol–water partition coefficient (Wildman–Crippen LogP) is 2.78. The van der Waals surface area contributed by atoms with Crippen LogP contribution in [0.25, 0.3) is 0 Å². The minimum absolute atomic E-state index is 0.0296. The van der Waals surface area contributed by atoms with Gasteiger partial charge in [0.2, 0.25) is 5.91 Å². The Hall–Kier alpha value is -2.98. The zero-order valence-electron chi connectivity index (χ0n) is 16.9. The molecule has 9 nitrogen and oxygen atoms in total. The van der Waals surface area contributed by atoms with Gasteiger partial charge in [-0.1, -0.05) is 6.42 Å². The number of aromatic hydroxyl groups is 1. The first-order valence-electron chi connectivity index (χ1n) is 9.61. The first-order valence-corrected chi connectivity index (χ1v) is 11.0. The van der Waals surface area contributed by atoms with E-state index < -0.39 is 15.9 Å². The van der Waals surface area contributed by atoms with E-state index in [1.54, 1.807) is 23.7 Å². The SMILES string of the molecule is CN(C)c1ccc2c(c1)S(=O)(=O)N(CCCCCC(=O)NO)c1ccc(O)cc1N2. The van der Waals surface area contributed by atoms with Crippen LogP contribution in [0.1, 0.15) is 25.7 Å². The van der Waals surface area contributed by atoms with E-state index in [4.69, 9.17) is 5.21 Å². The van der Waals surface area contributed by atoms with Gasteiger partial charge in [0.25, 0.3) is 10.0 Å². The number of hydrogen-bond donors (Lipinski definition) is 4. The van der Waals surface area contributed by atoms with Gasteiger partial charge in [-0.3, -0.25) is 14.3 Å². The zero-order valence-corrected chi connectivity index (χ0v) is 17.7. The summed E-state index contributed by atoms with van der Waals surface area (Å²) < 4.78 is 28.5. The van der Waals surface area contributed by atoms with Crippen LogP contribution in [0.4, 0.5) is 22.7 Å². The van der Waals surface area contributed by atoms with Gasteiger partial charge in [0.05, 0.1) is 17.1 Å². The number of amides is 1. The molecule has 1 aliphatic heterocycles. The Labute approximate surface area is 175 Å². The summed E-state index contributed by atoms with van der Waals surface area (Å²) in [6.07, 6.45) is 1.85. The molecule has 0 radical (unpaired) electrons. The Kier molecular flexibility index (Phi) is 6.37. The van der Waals surface area contributed by atoms with Gasteiger partial charge in [-0.25, -0.2) is 13.9 Å². The normalized spacial score (nSPS) is 14.2. The molecule has 162 valence electrons. The molecule has 1 amide bonds. The molecule has 0 saturated heterocycles. The van der Waals surface area contributed by atoms with Crippen LogP contribution in [-0.2, 0) is 14.8 Å². The van der Waals surface area contributed by atoms with Crippen LogP contribution in [-0.4, -0.2) is 45.3 Å². The molecule has 0 unspecified atom stereocenters. The van der Waals surface area contributed by atoms with E-state index in [2.05, 4.69) is 5.32 Å². The summed E-state index contributed by atoms with van der Waals surface area (Å²) >= 11 is 0. The summed E-state index contributed by atoms with van der Waals surface area (Å²) in [5.74, 6) is -0.436. The van der Waals surface area contributed by atoms with E-state index in [0.717, 1.165) is 5.69 Å². The highest BCUT2D eigenvalue weighted by Crippen LogP contribution is 2.42. The molecule has 0 atom stereocenters. The molecule has 2 aromatic carbocycles. The third-order valence-electron chi connectivity index (χ3n) is 4.96. The average molecular weight is 435 g/mol. The summed E-state index contributed by atoms with van der Waals surface area (Å²) in [4.78, 5) is 13.1. The fourth-order valence-electron chi connectivity index (χ4n) is 3.36. The van der Waals surface area contributed by atoms with Gasteiger partial charge in [0, 0.05) is 38.8 Å². The minimum atomic E-state index is -3.87. The Morgan fingerprint density at radius 2 is 1.87 bits per heavy atom. The highest BCUT2D eigenvalue weighted by molar-refractivity contribution is 7.93. The van der Waals surface area contributed by atoms with Crippen LogP contribution < -0.4 is 20.0 Å². The third kappa shape index (κ3) is 4.44. The summed E-state index contributed by atoms with van der Waals surface area (Å²) in [6, 6.07) is 9.70. The van der Waals surface area contributed by atoms with Crippen molar-refractivity contribution in [2.45, 2.75) is 30.6 Å². The van der Waals surface area contributed by atoms with E-state index in [-0.39, 0.29) is 23.6 Å². The third-order valence-corrected chi connectivity index (χ3v) is 6.81. The number of sulfonamides is 1. The maximum Gasteiger partial charge on any atom is 0.266 e. The predicted molar refractivity (Wildman–Crippen MR) is 115 cm³/mol. The first-order chi connectivity index (χ1) is 14.2. The smallest absolute Gasteiger partial charge is 0.266 e. The number of carbonyl (C=O) groups is 1. The van der Waals surface area contributed by atoms with Gasteiger partial charge >= 0.3 is 0 Å². The van der Waals surface area contributed by atoms with Gasteiger partial charge in [-0.05, 0) is 43.2 Å². The number of hydroxylamine groups is 1. The number of phenolic OH excluding ortho intramolecular Hbond substituents is 1. The lowest BCUT2D eigenvalue weighted by Crippen LogP contribution is -2.31. The fourth-order valence-corrected chi connectivity index (χ4v) is 5.05. The average Bonchev–Trinajstić information content (AvgIpc) is 2.79. The Morgan fingerprint density at radius 1 is 1.10 bits per heavy atom. The van der Waals surface area contributed by atoms with Crippen molar-refractivity contribution in [3.63, 3.8) is 0 Å². The van der Waals surface area contributed by atoms with Crippen molar-refractivity contribution in [1.82, 2.24) is 5.48 Å². The lowest BCUT2D eigenvalue weighted by molar-refractivity contribution is -0.129. The second-order valence-electron chi connectivity index (χ2n) is 7.32. The lowest BCUT2D eigenvalue weighted by Gasteiger charge is -2.24. The molecule has 1 heterocycles. The topological polar surface area (TPSA) is 122 Å². The van der Waals surface area contributed by atoms with Gasteiger partial charge in [-0.15, -0.1) is 0 Å². The quantitative estimate of drug-likeness (QED) is 0.300. The van der Waals surface area contributed by atoms with E-state index in [1.807, 2.05) is 25.1 Å². The molecule has 0 aliphatic carbocycles. The molecule has 3 rings (SSSR count). The minimum Gasteiger partial charge on any atom is -0.508 e. The summed E-state index contributed by atoms with van der Waals surface area (Å²) in [5, 5.41) is 21.6. The van der Waals surface area contributed by atoms with Crippen LogP contribution in [0.3, 0.4) is 0 Å².